The van der Waals surface area contributed by atoms with Crippen LogP contribution in [0.4, 0.5) is 13.2 Å². The summed E-state index contributed by atoms with van der Waals surface area (Å²) in [6.07, 6.45) is -4.66. The van der Waals surface area contributed by atoms with Gasteiger partial charge < -0.3 is 9.84 Å². The maximum Gasteiger partial charge on any atom is 0.573 e. The molecule has 3 nitrogen and oxygen atoms in total. The molecule has 18 heavy (non-hydrogen) atoms. The SMILES string of the molecule is CC(CO)N(C)Cc1ccc(OC(F)(F)F)cc1. The summed E-state index contributed by atoms with van der Waals surface area (Å²) < 4.78 is 39.6. The Balaban J connectivity index is 2.60. The number of likely N-dealkylation sites (N-methyl/N-ethyl adjacent to an activating group) is 1. The van der Waals surface area contributed by atoms with Crippen LogP contribution >= 0.6 is 0 Å². The number of nitrogens with zero attached hydrogens (tertiary/aromatic N) is 1. The quantitative estimate of drug-likeness (QED) is 0.885. The summed E-state index contributed by atoms with van der Waals surface area (Å²) in [6.45, 7) is 2.45. The maximum atomic E-state index is 11.9. The highest BCUT2D eigenvalue weighted by Gasteiger charge is 2.30. The highest BCUT2D eigenvalue weighted by molar-refractivity contribution is 5.27. The van der Waals surface area contributed by atoms with Gasteiger partial charge in [-0.15, -0.1) is 13.2 Å². The van der Waals surface area contributed by atoms with Gasteiger partial charge in [0.1, 0.15) is 5.75 Å². The van der Waals surface area contributed by atoms with Crippen molar-refractivity contribution in [2.75, 3.05) is 13.7 Å². The van der Waals surface area contributed by atoms with E-state index in [-0.39, 0.29) is 18.4 Å². The van der Waals surface area contributed by atoms with E-state index in [1.807, 2.05) is 18.9 Å². The minimum Gasteiger partial charge on any atom is -0.406 e. The van der Waals surface area contributed by atoms with E-state index >= 15 is 0 Å². The van der Waals surface area contributed by atoms with Gasteiger partial charge in [0.25, 0.3) is 0 Å². The van der Waals surface area contributed by atoms with Crippen LogP contribution < -0.4 is 4.74 Å². The Hall–Kier alpha value is -1.27. The third-order valence-electron chi connectivity index (χ3n) is 2.61. The summed E-state index contributed by atoms with van der Waals surface area (Å²) in [6, 6.07) is 5.69. The van der Waals surface area contributed by atoms with Crippen molar-refractivity contribution in [3.05, 3.63) is 29.8 Å². The third-order valence-corrected chi connectivity index (χ3v) is 2.61. The number of rotatable bonds is 5. The molecule has 0 saturated heterocycles. The van der Waals surface area contributed by atoms with E-state index in [0.717, 1.165) is 5.56 Å². The van der Waals surface area contributed by atoms with Crippen LogP contribution in [0.1, 0.15) is 12.5 Å². The molecule has 0 bridgehead atoms. The normalized spacial score (nSPS) is 13.7. The molecule has 0 aliphatic carbocycles. The Morgan fingerprint density at radius 2 is 1.83 bits per heavy atom. The van der Waals surface area contributed by atoms with Crippen LogP contribution in [0.15, 0.2) is 24.3 Å². The summed E-state index contributed by atoms with van der Waals surface area (Å²) in [4.78, 5) is 1.90. The molecule has 0 aromatic heterocycles. The van der Waals surface area contributed by atoms with Gasteiger partial charge in [0.05, 0.1) is 6.61 Å². The number of alkyl halides is 3. The molecule has 0 aliphatic rings. The van der Waals surface area contributed by atoms with Crippen molar-refractivity contribution < 1.29 is 23.0 Å². The Bertz CT molecular complexity index is 365. The van der Waals surface area contributed by atoms with E-state index in [2.05, 4.69) is 4.74 Å². The highest BCUT2D eigenvalue weighted by atomic mass is 19.4. The van der Waals surface area contributed by atoms with Gasteiger partial charge in [-0.1, -0.05) is 12.1 Å². The lowest BCUT2D eigenvalue weighted by molar-refractivity contribution is -0.274. The second kappa shape index (κ2) is 6.06. The first kappa shape index (κ1) is 14.8. The van der Waals surface area contributed by atoms with E-state index in [9.17, 15) is 13.2 Å². The number of ether oxygens (including phenoxy) is 1. The molecule has 0 spiro atoms. The van der Waals surface area contributed by atoms with Gasteiger partial charge in [0.2, 0.25) is 0 Å². The number of hydrogen-bond donors (Lipinski definition) is 1. The molecule has 0 aliphatic heterocycles. The molecule has 102 valence electrons. The lowest BCUT2D eigenvalue weighted by Gasteiger charge is -2.22. The fraction of sp³-hybridized carbons (Fsp3) is 0.500. The van der Waals surface area contributed by atoms with Gasteiger partial charge >= 0.3 is 6.36 Å². The van der Waals surface area contributed by atoms with Crippen LogP contribution in [-0.4, -0.2) is 36.1 Å². The monoisotopic (exact) mass is 263 g/mol. The highest BCUT2D eigenvalue weighted by Crippen LogP contribution is 2.23. The Morgan fingerprint density at radius 1 is 1.28 bits per heavy atom. The zero-order valence-corrected chi connectivity index (χ0v) is 10.2. The fourth-order valence-corrected chi connectivity index (χ4v) is 1.38. The summed E-state index contributed by atoms with van der Waals surface area (Å²) >= 11 is 0. The predicted molar refractivity (Wildman–Crippen MR) is 61.1 cm³/mol. The molecule has 1 atom stereocenters. The van der Waals surface area contributed by atoms with Crippen molar-refractivity contribution in [2.45, 2.75) is 25.9 Å². The number of aliphatic hydroxyl groups excluding tert-OH is 1. The smallest absolute Gasteiger partial charge is 0.406 e. The van der Waals surface area contributed by atoms with E-state index < -0.39 is 6.36 Å². The van der Waals surface area contributed by atoms with Crippen molar-refractivity contribution in [1.29, 1.82) is 0 Å². The first-order chi connectivity index (χ1) is 8.31. The summed E-state index contributed by atoms with van der Waals surface area (Å²) in [7, 11) is 1.83. The van der Waals surface area contributed by atoms with Crippen LogP contribution in [0.2, 0.25) is 0 Å². The molecule has 0 radical (unpaired) electrons. The van der Waals surface area contributed by atoms with Crippen LogP contribution in [0.3, 0.4) is 0 Å². The molecule has 1 aromatic rings. The largest absolute Gasteiger partial charge is 0.573 e. The number of hydrogen-bond acceptors (Lipinski definition) is 3. The molecule has 1 N–H and O–H groups in total. The average Bonchev–Trinajstić information content (AvgIpc) is 2.28. The molecule has 0 amide bonds. The molecule has 1 rings (SSSR count). The van der Waals surface area contributed by atoms with E-state index in [4.69, 9.17) is 5.11 Å². The lowest BCUT2D eigenvalue weighted by Crippen LogP contribution is -2.31. The Labute approximate surface area is 104 Å². The number of aliphatic hydroxyl groups is 1. The van der Waals surface area contributed by atoms with Gasteiger partial charge in [0.15, 0.2) is 0 Å². The number of benzene rings is 1. The van der Waals surface area contributed by atoms with Gasteiger partial charge in [-0.2, -0.15) is 0 Å². The van der Waals surface area contributed by atoms with E-state index in [1.54, 1.807) is 12.1 Å². The van der Waals surface area contributed by atoms with Crippen LogP contribution in [-0.2, 0) is 6.54 Å². The Kier molecular flexibility index (Phi) is 4.98. The molecule has 0 fully saturated rings. The summed E-state index contributed by atoms with van der Waals surface area (Å²) in [5, 5.41) is 8.97. The van der Waals surface area contributed by atoms with Gasteiger partial charge in [-0.25, -0.2) is 0 Å². The van der Waals surface area contributed by atoms with Gasteiger partial charge in [-0.3, -0.25) is 4.90 Å². The third kappa shape index (κ3) is 4.93. The van der Waals surface area contributed by atoms with Gasteiger partial charge in [0, 0.05) is 12.6 Å². The van der Waals surface area contributed by atoms with E-state index in [0.29, 0.717) is 6.54 Å². The molecule has 1 unspecified atom stereocenters. The molecule has 0 heterocycles. The number of halogens is 3. The standard InChI is InChI=1S/C12H16F3NO2/c1-9(8-17)16(2)7-10-3-5-11(6-4-10)18-12(13,14)15/h3-6,9,17H,7-8H2,1-2H3. The maximum absolute atomic E-state index is 11.9. The van der Waals surface area contributed by atoms with Crippen molar-refractivity contribution in [2.24, 2.45) is 0 Å². The lowest BCUT2D eigenvalue weighted by atomic mass is 10.2. The second-order valence-corrected chi connectivity index (χ2v) is 4.14. The van der Waals surface area contributed by atoms with Crippen LogP contribution in [0.25, 0.3) is 0 Å². The van der Waals surface area contributed by atoms with Crippen molar-refractivity contribution in [1.82, 2.24) is 4.90 Å². The zero-order valence-electron chi connectivity index (χ0n) is 10.2. The van der Waals surface area contributed by atoms with E-state index in [1.165, 1.54) is 12.1 Å². The predicted octanol–water partition coefficient (Wildman–Crippen LogP) is 2.40. The van der Waals surface area contributed by atoms with Crippen molar-refractivity contribution in [3.8, 4) is 5.75 Å². The topological polar surface area (TPSA) is 32.7 Å². The van der Waals surface area contributed by atoms with Crippen LogP contribution in [0, 0.1) is 0 Å². The molecule has 6 heteroatoms. The minimum atomic E-state index is -4.66. The summed E-state index contributed by atoms with van der Waals surface area (Å²) in [5.41, 5.74) is 0.854. The summed E-state index contributed by atoms with van der Waals surface area (Å²) in [5.74, 6) is -0.232. The molecule has 0 saturated carbocycles. The van der Waals surface area contributed by atoms with Gasteiger partial charge in [-0.05, 0) is 31.7 Å². The first-order valence-electron chi connectivity index (χ1n) is 5.47. The average molecular weight is 263 g/mol. The second-order valence-electron chi connectivity index (χ2n) is 4.14. The Morgan fingerprint density at radius 3 is 2.28 bits per heavy atom. The van der Waals surface area contributed by atoms with Crippen molar-refractivity contribution in [3.63, 3.8) is 0 Å². The molecular formula is C12H16F3NO2. The van der Waals surface area contributed by atoms with Crippen molar-refractivity contribution >= 4 is 0 Å². The zero-order chi connectivity index (χ0) is 13.8. The molecular weight excluding hydrogens is 247 g/mol. The van der Waals surface area contributed by atoms with Crippen LogP contribution in [0.5, 0.6) is 5.75 Å². The molecule has 1 aromatic carbocycles. The first-order valence-corrected chi connectivity index (χ1v) is 5.47. The fourth-order valence-electron chi connectivity index (χ4n) is 1.38. The minimum absolute atomic E-state index is 0.00361.